The molecule has 0 bridgehead atoms. The Bertz CT molecular complexity index is 348. The third-order valence-electron chi connectivity index (χ3n) is 1.70. The van der Waals surface area contributed by atoms with E-state index in [-0.39, 0.29) is 18.1 Å². The van der Waals surface area contributed by atoms with Gasteiger partial charge in [0.1, 0.15) is 5.82 Å². The fourth-order valence-electron chi connectivity index (χ4n) is 0.967. The third-order valence-corrected chi connectivity index (χ3v) is 2.06. The molecule has 15 heavy (non-hydrogen) atoms. The second-order valence-corrected chi connectivity index (χ2v) is 3.25. The Morgan fingerprint density at radius 1 is 1.33 bits per heavy atom. The fraction of sp³-hybridized carbons (Fsp3) is 0.333. The second-order valence-electron chi connectivity index (χ2n) is 2.94. The van der Waals surface area contributed by atoms with E-state index in [9.17, 15) is 13.2 Å². The molecule has 6 heteroatoms. The van der Waals surface area contributed by atoms with Gasteiger partial charge in [-0.25, -0.2) is 13.2 Å². The van der Waals surface area contributed by atoms with Crippen molar-refractivity contribution >= 4 is 17.3 Å². The second kappa shape index (κ2) is 5.23. The maximum absolute atomic E-state index is 13.0. The summed E-state index contributed by atoms with van der Waals surface area (Å²) >= 11 is 5.29. The molecule has 0 heterocycles. The first-order chi connectivity index (χ1) is 7.04. The molecule has 0 saturated heterocycles. The number of nitrogens with one attached hydrogen (secondary N) is 1. The summed E-state index contributed by atoms with van der Waals surface area (Å²) < 4.78 is 38.4. The fourth-order valence-corrected chi connectivity index (χ4v) is 1.08. The van der Waals surface area contributed by atoms with Gasteiger partial charge in [-0.3, -0.25) is 0 Å². The highest BCUT2D eigenvalue weighted by molar-refractivity contribution is 6.18. The lowest BCUT2D eigenvalue weighted by Crippen LogP contribution is -2.21. The quantitative estimate of drug-likeness (QED) is 0.623. The van der Waals surface area contributed by atoms with Crippen LogP contribution in [0.15, 0.2) is 12.1 Å². The summed E-state index contributed by atoms with van der Waals surface area (Å²) in [4.78, 5) is 0. The van der Waals surface area contributed by atoms with Gasteiger partial charge in [-0.1, -0.05) is 0 Å². The van der Waals surface area contributed by atoms with Gasteiger partial charge < -0.3 is 10.4 Å². The van der Waals surface area contributed by atoms with Crippen LogP contribution in [0.4, 0.5) is 18.9 Å². The summed E-state index contributed by atoms with van der Waals surface area (Å²) in [6, 6.07) is 1.25. The molecule has 0 aliphatic heterocycles. The average molecular weight is 240 g/mol. The molecule has 1 unspecified atom stereocenters. The number of hydrogen-bond donors (Lipinski definition) is 2. The Balaban J connectivity index is 2.76. The van der Waals surface area contributed by atoms with Crippen molar-refractivity contribution in [3.05, 3.63) is 29.6 Å². The maximum Gasteiger partial charge on any atom is 0.182 e. The van der Waals surface area contributed by atoms with Gasteiger partial charge in [-0.05, 0) is 0 Å². The van der Waals surface area contributed by atoms with E-state index in [0.29, 0.717) is 6.07 Å². The van der Waals surface area contributed by atoms with Crippen LogP contribution in [0.5, 0.6) is 0 Å². The van der Waals surface area contributed by atoms with Gasteiger partial charge in [0, 0.05) is 18.7 Å². The van der Waals surface area contributed by atoms with Gasteiger partial charge in [0.15, 0.2) is 11.6 Å². The number of anilines is 1. The predicted octanol–water partition coefficient (Wildman–Crippen LogP) is 2.12. The standard InChI is InChI=1S/C9H9ClF3NO/c10-3-6(15)4-14-8-2-5(11)1-7(12)9(8)13/h1-2,6,14-15H,3-4H2. The molecule has 0 radical (unpaired) electrons. The first kappa shape index (κ1) is 12.1. The molecule has 0 aliphatic rings. The van der Waals surface area contributed by atoms with Gasteiger partial charge >= 0.3 is 0 Å². The molecule has 1 aromatic rings. The number of rotatable bonds is 4. The van der Waals surface area contributed by atoms with Crippen LogP contribution in [0, 0.1) is 17.5 Å². The smallest absolute Gasteiger partial charge is 0.182 e. The zero-order chi connectivity index (χ0) is 11.4. The minimum atomic E-state index is -1.28. The topological polar surface area (TPSA) is 32.3 Å². The summed E-state index contributed by atoms with van der Waals surface area (Å²) in [6.07, 6.45) is -0.905. The highest BCUT2D eigenvalue weighted by Gasteiger charge is 2.11. The van der Waals surface area contributed by atoms with Gasteiger partial charge in [-0.2, -0.15) is 0 Å². The number of aliphatic hydroxyl groups is 1. The van der Waals surface area contributed by atoms with Crippen LogP contribution >= 0.6 is 11.6 Å². The van der Waals surface area contributed by atoms with Crippen LogP contribution in [0.3, 0.4) is 0 Å². The normalized spacial score (nSPS) is 12.6. The minimum absolute atomic E-state index is 0.0492. The van der Waals surface area contributed by atoms with E-state index in [1.165, 1.54) is 0 Å². The Hall–Kier alpha value is -0.940. The van der Waals surface area contributed by atoms with Crippen LogP contribution in [-0.2, 0) is 0 Å². The Labute approximate surface area is 89.7 Å². The van der Waals surface area contributed by atoms with Crippen molar-refractivity contribution in [2.75, 3.05) is 17.7 Å². The van der Waals surface area contributed by atoms with Crippen molar-refractivity contribution in [3.8, 4) is 0 Å². The van der Waals surface area contributed by atoms with Crippen LogP contribution in [0.2, 0.25) is 0 Å². The van der Waals surface area contributed by atoms with Gasteiger partial charge in [0.2, 0.25) is 0 Å². The third kappa shape index (κ3) is 3.28. The number of hydrogen-bond acceptors (Lipinski definition) is 2. The van der Waals surface area contributed by atoms with E-state index >= 15 is 0 Å². The summed E-state index contributed by atoms with van der Waals surface area (Å²) in [5.74, 6) is -3.40. The highest BCUT2D eigenvalue weighted by Crippen LogP contribution is 2.18. The van der Waals surface area contributed by atoms with Gasteiger partial charge in [0.25, 0.3) is 0 Å². The Kier molecular flexibility index (Phi) is 4.23. The molecule has 1 aromatic carbocycles. The molecule has 1 atom stereocenters. The van der Waals surface area contributed by atoms with Gasteiger partial charge in [0.05, 0.1) is 17.7 Å². The number of benzene rings is 1. The first-order valence-electron chi connectivity index (χ1n) is 4.17. The largest absolute Gasteiger partial charge is 0.390 e. The van der Waals surface area contributed by atoms with Crippen LogP contribution in [0.1, 0.15) is 0 Å². The maximum atomic E-state index is 13.0. The molecule has 0 aliphatic carbocycles. The molecule has 2 nitrogen and oxygen atoms in total. The van der Waals surface area contributed by atoms with Crippen molar-refractivity contribution < 1.29 is 18.3 Å². The first-order valence-corrected chi connectivity index (χ1v) is 4.70. The molecular weight excluding hydrogens is 231 g/mol. The molecule has 1 rings (SSSR count). The van der Waals surface area contributed by atoms with E-state index in [1.807, 2.05) is 0 Å². The van der Waals surface area contributed by atoms with Crippen molar-refractivity contribution in [1.29, 1.82) is 0 Å². The van der Waals surface area contributed by atoms with Crippen molar-refractivity contribution in [2.24, 2.45) is 0 Å². The van der Waals surface area contributed by atoms with Crippen LogP contribution in [-0.4, -0.2) is 23.6 Å². The number of halogens is 4. The monoisotopic (exact) mass is 239 g/mol. The number of alkyl halides is 1. The zero-order valence-electron chi connectivity index (χ0n) is 7.61. The Morgan fingerprint density at radius 2 is 2.00 bits per heavy atom. The SMILES string of the molecule is OC(CCl)CNc1cc(F)cc(F)c1F. The van der Waals surface area contributed by atoms with E-state index in [1.54, 1.807) is 0 Å². The van der Waals surface area contributed by atoms with E-state index in [4.69, 9.17) is 16.7 Å². The van der Waals surface area contributed by atoms with E-state index in [2.05, 4.69) is 5.32 Å². The predicted molar refractivity (Wildman–Crippen MR) is 51.5 cm³/mol. The van der Waals surface area contributed by atoms with E-state index in [0.717, 1.165) is 6.07 Å². The lowest BCUT2D eigenvalue weighted by Gasteiger charge is -2.11. The van der Waals surface area contributed by atoms with Crippen LogP contribution in [0.25, 0.3) is 0 Å². The average Bonchev–Trinajstić information content (AvgIpc) is 2.20. The van der Waals surface area contributed by atoms with Gasteiger partial charge in [-0.15, -0.1) is 11.6 Å². The molecule has 2 N–H and O–H groups in total. The summed E-state index contributed by atoms with van der Waals surface area (Å²) in [5.41, 5.74) is -0.336. The molecule has 0 amide bonds. The molecule has 0 fully saturated rings. The van der Waals surface area contributed by atoms with Crippen molar-refractivity contribution in [2.45, 2.75) is 6.10 Å². The summed E-state index contributed by atoms with van der Waals surface area (Å²) in [6.45, 7) is -0.0800. The van der Waals surface area contributed by atoms with E-state index < -0.39 is 23.6 Å². The molecule has 0 saturated carbocycles. The molecular formula is C9H9ClF3NO. The van der Waals surface area contributed by atoms with Crippen molar-refractivity contribution in [1.82, 2.24) is 0 Å². The minimum Gasteiger partial charge on any atom is -0.390 e. The summed E-state index contributed by atoms with van der Waals surface area (Å²) in [7, 11) is 0. The zero-order valence-corrected chi connectivity index (χ0v) is 8.36. The van der Waals surface area contributed by atoms with Crippen LogP contribution < -0.4 is 5.32 Å². The molecule has 0 aromatic heterocycles. The van der Waals surface area contributed by atoms with Crippen molar-refractivity contribution in [3.63, 3.8) is 0 Å². The Morgan fingerprint density at radius 3 is 2.60 bits per heavy atom. The highest BCUT2D eigenvalue weighted by atomic mass is 35.5. The lowest BCUT2D eigenvalue weighted by molar-refractivity contribution is 0.211. The lowest BCUT2D eigenvalue weighted by atomic mass is 10.2. The molecule has 0 spiro atoms. The summed E-state index contributed by atoms with van der Waals surface area (Å²) in [5, 5.41) is 11.4. The number of aliphatic hydroxyl groups excluding tert-OH is 1. The molecule has 84 valence electrons.